The Morgan fingerprint density at radius 3 is 2.18 bits per heavy atom. The molecule has 4 aromatic rings. The largest absolute Gasteiger partial charge is 0.466 e. The highest BCUT2D eigenvalue weighted by Gasteiger charge is 2.22. The highest BCUT2D eigenvalue weighted by Crippen LogP contribution is 2.30. The molecule has 0 aliphatic rings. The van der Waals surface area contributed by atoms with E-state index in [0.29, 0.717) is 23.6 Å². The third-order valence-corrected chi connectivity index (χ3v) is 6.10. The number of nitrogens with zero attached hydrogens (tertiary/aromatic N) is 1. The van der Waals surface area contributed by atoms with Crippen LogP contribution in [0.3, 0.4) is 0 Å². The van der Waals surface area contributed by atoms with Crippen LogP contribution in [-0.4, -0.2) is 23.7 Å². The van der Waals surface area contributed by atoms with Gasteiger partial charge in [0.1, 0.15) is 17.7 Å². The van der Waals surface area contributed by atoms with Crippen LogP contribution in [-0.2, 0) is 31.9 Å². The summed E-state index contributed by atoms with van der Waals surface area (Å²) >= 11 is 0. The van der Waals surface area contributed by atoms with Crippen molar-refractivity contribution in [2.24, 2.45) is 0 Å². The number of esters is 2. The second kappa shape index (κ2) is 11.8. The minimum atomic E-state index is -0.968. The minimum absolute atomic E-state index is 0.0369. The van der Waals surface area contributed by atoms with Crippen molar-refractivity contribution in [3.05, 3.63) is 101 Å². The van der Waals surface area contributed by atoms with E-state index in [1.54, 1.807) is 13.8 Å². The van der Waals surface area contributed by atoms with Gasteiger partial charge in [-0.15, -0.1) is 0 Å². The molecule has 8 heteroatoms. The summed E-state index contributed by atoms with van der Waals surface area (Å²) in [5.41, 5.74) is 4.57. The summed E-state index contributed by atoms with van der Waals surface area (Å²) in [5.74, 6) is -1.71. The van der Waals surface area contributed by atoms with Gasteiger partial charge in [-0.3, -0.25) is 9.59 Å². The standard InChI is InChI=1S/C30H27F2NO5/c1-4-36-28(34)15-20-5-7-21(8-6-20)22-9-11-23(12-10-22)30-25(18(2)33-38-30)17-29(35)37-19(3)26-16-24(31)13-14-27(26)32/h5-14,16,19H,4,15,17H2,1-3H3. The fourth-order valence-corrected chi connectivity index (χ4v) is 4.10. The molecule has 1 unspecified atom stereocenters. The van der Waals surface area contributed by atoms with Crippen LogP contribution in [0.4, 0.5) is 8.78 Å². The molecular weight excluding hydrogens is 492 g/mol. The van der Waals surface area contributed by atoms with E-state index in [9.17, 15) is 18.4 Å². The van der Waals surface area contributed by atoms with Crippen molar-refractivity contribution in [2.45, 2.75) is 39.7 Å². The first kappa shape index (κ1) is 26.7. The molecule has 38 heavy (non-hydrogen) atoms. The van der Waals surface area contributed by atoms with Gasteiger partial charge >= 0.3 is 11.9 Å². The number of aryl methyl sites for hydroxylation is 1. The number of benzene rings is 3. The molecule has 1 atom stereocenters. The number of carbonyl (C=O) groups excluding carboxylic acids is 2. The van der Waals surface area contributed by atoms with E-state index in [1.807, 2.05) is 48.5 Å². The maximum atomic E-state index is 14.0. The first-order valence-electron chi connectivity index (χ1n) is 12.2. The lowest BCUT2D eigenvalue weighted by Gasteiger charge is -2.14. The van der Waals surface area contributed by atoms with Crippen molar-refractivity contribution in [1.29, 1.82) is 0 Å². The molecule has 0 aliphatic heterocycles. The highest BCUT2D eigenvalue weighted by molar-refractivity contribution is 5.78. The monoisotopic (exact) mass is 519 g/mol. The van der Waals surface area contributed by atoms with Crippen molar-refractivity contribution in [3.63, 3.8) is 0 Å². The Morgan fingerprint density at radius 2 is 1.53 bits per heavy atom. The Kier molecular flexibility index (Phi) is 8.31. The summed E-state index contributed by atoms with van der Waals surface area (Å²) in [4.78, 5) is 24.3. The molecule has 0 radical (unpaired) electrons. The smallest absolute Gasteiger partial charge is 0.311 e. The number of carbonyl (C=O) groups is 2. The molecule has 3 aromatic carbocycles. The topological polar surface area (TPSA) is 78.6 Å². The molecule has 0 amide bonds. The molecule has 0 saturated heterocycles. The average molecular weight is 520 g/mol. The van der Waals surface area contributed by atoms with Gasteiger partial charge in [0.2, 0.25) is 0 Å². The maximum absolute atomic E-state index is 14.0. The van der Waals surface area contributed by atoms with Gasteiger partial charge in [-0.2, -0.15) is 0 Å². The first-order valence-corrected chi connectivity index (χ1v) is 12.2. The van der Waals surface area contributed by atoms with Crippen LogP contribution in [0, 0.1) is 18.6 Å². The third-order valence-electron chi connectivity index (χ3n) is 6.10. The number of aromatic nitrogens is 1. The molecule has 0 N–H and O–H groups in total. The van der Waals surface area contributed by atoms with E-state index in [0.717, 1.165) is 40.5 Å². The van der Waals surface area contributed by atoms with E-state index in [2.05, 4.69) is 5.16 Å². The van der Waals surface area contributed by atoms with Gasteiger partial charge in [-0.05, 0) is 55.7 Å². The molecule has 0 spiro atoms. The normalized spacial score (nSPS) is 11.7. The summed E-state index contributed by atoms with van der Waals surface area (Å²) in [6.45, 7) is 5.33. The van der Waals surface area contributed by atoms with E-state index in [-0.39, 0.29) is 24.4 Å². The summed E-state index contributed by atoms with van der Waals surface area (Å²) in [7, 11) is 0. The van der Waals surface area contributed by atoms with Gasteiger partial charge < -0.3 is 14.0 Å². The SMILES string of the molecule is CCOC(=O)Cc1ccc(-c2ccc(-c3onc(C)c3CC(=O)OC(C)c3cc(F)ccc3F)cc2)cc1. The molecule has 1 heterocycles. The second-order valence-electron chi connectivity index (χ2n) is 8.81. The van der Waals surface area contributed by atoms with Gasteiger partial charge in [0.15, 0.2) is 5.76 Å². The van der Waals surface area contributed by atoms with Gasteiger partial charge in [0, 0.05) is 16.7 Å². The summed E-state index contributed by atoms with van der Waals surface area (Å²) in [6, 6.07) is 18.2. The highest BCUT2D eigenvalue weighted by atomic mass is 19.1. The van der Waals surface area contributed by atoms with Crippen LogP contribution >= 0.6 is 0 Å². The Labute approximate surface area is 219 Å². The number of hydrogen-bond acceptors (Lipinski definition) is 6. The molecule has 196 valence electrons. The molecule has 0 aliphatic carbocycles. The average Bonchev–Trinajstić information content (AvgIpc) is 3.25. The van der Waals surface area contributed by atoms with Gasteiger partial charge in [-0.1, -0.05) is 53.7 Å². The van der Waals surface area contributed by atoms with E-state index >= 15 is 0 Å². The number of halogens is 2. The molecule has 0 bridgehead atoms. The zero-order valence-electron chi connectivity index (χ0n) is 21.3. The number of rotatable bonds is 9. The minimum Gasteiger partial charge on any atom is -0.466 e. The molecule has 6 nitrogen and oxygen atoms in total. The van der Waals surface area contributed by atoms with Gasteiger partial charge in [-0.25, -0.2) is 8.78 Å². The maximum Gasteiger partial charge on any atom is 0.311 e. The van der Waals surface area contributed by atoms with Crippen molar-refractivity contribution < 1.29 is 32.4 Å². The van der Waals surface area contributed by atoms with Crippen LogP contribution in [0.2, 0.25) is 0 Å². The van der Waals surface area contributed by atoms with Crippen molar-refractivity contribution in [1.82, 2.24) is 5.16 Å². The number of hydrogen-bond donors (Lipinski definition) is 0. The molecule has 0 fully saturated rings. The van der Waals surface area contributed by atoms with Crippen LogP contribution in [0.1, 0.15) is 42.3 Å². The fraction of sp³-hybridized carbons (Fsp3) is 0.233. The van der Waals surface area contributed by atoms with Crippen LogP contribution in [0.5, 0.6) is 0 Å². The van der Waals surface area contributed by atoms with Crippen molar-refractivity contribution >= 4 is 11.9 Å². The lowest BCUT2D eigenvalue weighted by Crippen LogP contribution is -2.13. The molecular formula is C30H27F2NO5. The summed E-state index contributed by atoms with van der Waals surface area (Å²) in [5, 5.41) is 4.01. The molecule has 4 rings (SSSR count). The van der Waals surface area contributed by atoms with Crippen molar-refractivity contribution in [2.75, 3.05) is 6.61 Å². The summed E-state index contributed by atoms with van der Waals surface area (Å²) < 4.78 is 43.4. The first-order chi connectivity index (χ1) is 18.2. The molecule has 1 aromatic heterocycles. The van der Waals surface area contributed by atoms with Crippen LogP contribution in [0.25, 0.3) is 22.5 Å². The van der Waals surface area contributed by atoms with E-state index in [4.69, 9.17) is 14.0 Å². The second-order valence-corrected chi connectivity index (χ2v) is 8.81. The van der Waals surface area contributed by atoms with Crippen LogP contribution < -0.4 is 0 Å². The van der Waals surface area contributed by atoms with Gasteiger partial charge in [0.05, 0.1) is 25.1 Å². The zero-order chi connectivity index (χ0) is 27.2. The third kappa shape index (κ3) is 6.32. The Bertz CT molecular complexity index is 1430. The van der Waals surface area contributed by atoms with Crippen LogP contribution in [0.15, 0.2) is 71.3 Å². The van der Waals surface area contributed by atoms with E-state index in [1.165, 1.54) is 6.92 Å². The predicted octanol–water partition coefficient (Wildman–Crippen LogP) is 6.55. The lowest BCUT2D eigenvalue weighted by molar-refractivity contribution is -0.148. The number of ether oxygens (including phenoxy) is 2. The molecule has 0 saturated carbocycles. The zero-order valence-corrected chi connectivity index (χ0v) is 21.3. The Balaban J connectivity index is 1.46. The van der Waals surface area contributed by atoms with Crippen molar-refractivity contribution in [3.8, 4) is 22.5 Å². The van der Waals surface area contributed by atoms with Gasteiger partial charge in [0.25, 0.3) is 0 Å². The lowest BCUT2D eigenvalue weighted by atomic mass is 9.99. The summed E-state index contributed by atoms with van der Waals surface area (Å²) in [6.07, 6.45) is -0.890. The Morgan fingerprint density at radius 1 is 0.895 bits per heavy atom. The fourth-order valence-electron chi connectivity index (χ4n) is 4.10. The van der Waals surface area contributed by atoms with E-state index < -0.39 is 23.7 Å². The predicted molar refractivity (Wildman–Crippen MR) is 137 cm³/mol. The Hall–Kier alpha value is -4.33. The quantitative estimate of drug-likeness (QED) is 0.234.